The number of allylic oxidation sites excluding steroid dienone is 1. The molecule has 0 aliphatic heterocycles. The first-order valence-electron chi connectivity index (χ1n) is 10.7. The lowest BCUT2D eigenvalue weighted by molar-refractivity contribution is -0.137. The summed E-state index contributed by atoms with van der Waals surface area (Å²) in [5, 5.41) is 11.8. The Morgan fingerprint density at radius 1 is 1.26 bits per heavy atom. The van der Waals surface area contributed by atoms with E-state index in [2.05, 4.69) is 22.1 Å². The van der Waals surface area contributed by atoms with Crippen LogP contribution >= 0.6 is 23.4 Å². The number of carbonyl (C=O) groups excluding carboxylic acids is 1. The highest BCUT2D eigenvalue weighted by molar-refractivity contribution is 7.99. The Morgan fingerprint density at radius 3 is 2.74 bits per heavy atom. The number of alkyl halides is 3. The third-order valence-corrected chi connectivity index (χ3v) is 6.09. The van der Waals surface area contributed by atoms with Crippen molar-refractivity contribution < 1.29 is 22.7 Å². The average molecular weight is 525 g/mol. The maximum Gasteiger partial charge on any atom is 0.418 e. The zero-order valence-corrected chi connectivity index (χ0v) is 20.5. The number of rotatable bonds is 11. The summed E-state index contributed by atoms with van der Waals surface area (Å²) in [4.78, 5) is 12.3. The van der Waals surface area contributed by atoms with Crippen LogP contribution in [0.1, 0.15) is 23.4 Å². The smallest absolute Gasteiger partial charge is 0.418 e. The van der Waals surface area contributed by atoms with Crippen molar-refractivity contribution in [2.75, 3.05) is 17.7 Å². The van der Waals surface area contributed by atoms with Crippen molar-refractivity contribution in [1.29, 1.82) is 0 Å². The Hall–Kier alpha value is -2.98. The minimum absolute atomic E-state index is 0.125. The number of halogens is 4. The molecule has 3 aromatic rings. The van der Waals surface area contributed by atoms with Crippen molar-refractivity contribution in [1.82, 2.24) is 14.8 Å². The van der Waals surface area contributed by atoms with Gasteiger partial charge in [-0.2, -0.15) is 13.2 Å². The van der Waals surface area contributed by atoms with Gasteiger partial charge in [0.15, 0.2) is 5.16 Å². The van der Waals surface area contributed by atoms with Gasteiger partial charge in [-0.15, -0.1) is 16.8 Å². The lowest BCUT2D eigenvalue weighted by Gasteiger charge is -2.13. The molecule has 0 aliphatic rings. The number of hydrogen-bond donors (Lipinski definition) is 1. The molecule has 0 atom stereocenters. The minimum Gasteiger partial charge on any atom is -0.493 e. The maximum atomic E-state index is 13.1. The van der Waals surface area contributed by atoms with Gasteiger partial charge in [-0.1, -0.05) is 41.6 Å². The Balaban J connectivity index is 1.56. The van der Waals surface area contributed by atoms with E-state index in [4.69, 9.17) is 16.3 Å². The van der Waals surface area contributed by atoms with Crippen LogP contribution in [0.4, 0.5) is 18.9 Å². The number of thioether (sulfide) groups is 1. The third-order valence-electron chi connectivity index (χ3n) is 4.88. The largest absolute Gasteiger partial charge is 0.493 e. The molecule has 1 aromatic heterocycles. The van der Waals surface area contributed by atoms with Crippen LogP contribution in [0.3, 0.4) is 0 Å². The molecule has 35 heavy (non-hydrogen) atoms. The molecule has 0 spiro atoms. The molecule has 1 N–H and O–H groups in total. The fraction of sp³-hybridized carbons (Fsp3) is 0.292. The van der Waals surface area contributed by atoms with Crippen LogP contribution in [0.25, 0.3) is 0 Å². The second kappa shape index (κ2) is 12.1. The quantitative estimate of drug-likeness (QED) is 0.184. The molecule has 0 fully saturated rings. The number of nitrogens with zero attached hydrogens (tertiary/aromatic N) is 3. The number of nitrogens with one attached hydrogen (secondary N) is 1. The first kappa shape index (κ1) is 26.6. The van der Waals surface area contributed by atoms with E-state index < -0.39 is 17.6 Å². The van der Waals surface area contributed by atoms with Crippen LogP contribution < -0.4 is 10.1 Å². The molecule has 1 heterocycles. The molecule has 6 nitrogen and oxygen atoms in total. The van der Waals surface area contributed by atoms with Crippen LogP contribution in [-0.2, 0) is 23.9 Å². The monoisotopic (exact) mass is 524 g/mol. The van der Waals surface area contributed by atoms with Crippen LogP contribution in [0.15, 0.2) is 60.3 Å². The zero-order valence-electron chi connectivity index (χ0n) is 18.9. The number of aryl methyl sites for hydroxylation is 2. The van der Waals surface area contributed by atoms with Crippen LogP contribution in [0.5, 0.6) is 5.75 Å². The lowest BCUT2D eigenvalue weighted by atomic mass is 10.1. The van der Waals surface area contributed by atoms with Gasteiger partial charge in [0.05, 0.1) is 23.6 Å². The number of carbonyl (C=O) groups is 1. The van der Waals surface area contributed by atoms with E-state index in [9.17, 15) is 18.0 Å². The number of amides is 1. The lowest BCUT2D eigenvalue weighted by Crippen LogP contribution is -2.18. The molecule has 0 aliphatic carbocycles. The molecule has 0 radical (unpaired) electrons. The van der Waals surface area contributed by atoms with Gasteiger partial charge in [0.2, 0.25) is 5.91 Å². The standard InChI is InChI=1S/C24H24ClF3N4O2S/c1-3-12-32-21(9-6-13-34-20-11-10-17(25)14-16(20)2)30-31-23(32)35-15-22(33)29-19-8-5-4-7-18(19)24(26,27)28/h3-5,7-8,10-11,14H,1,6,9,12-13,15H2,2H3,(H,29,33). The van der Waals surface area contributed by atoms with Crippen molar-refractivity contribution in [2.24, 2.45) is 0 Å². The van der Waals surface area contributed by atoms with E-state index >= 15 is 0 Å². The molecule has 0 bridgehead atoms. The van der Waals surface area contributed by atoms with E-state index in [1.807, 2.05) is 23.6 Å². The molecule has 11 heteroatoms. The van der Waals surface area contributed by atoms with E-state index in [0.717, 1.165) is 29.1 Å². The average Bonchev–Trinajstić information content (AvgIpc) is 3.18. The number of ether oxygens (including phenoxy) is 1. The highest BCUT2D eigenvalue weighted by atomic mass is 35.5. The van der Waals surface area contributed by atoms with Gasteiger partial charge in [-0.3, -0.25) is 4.79 Å². The van der Waals surface area contributed by atoms with Crippen molar-refractivity contribution in [2.45, 2.75) is 37.6 Å². The SMILES string of the molecule is C=CCn1c(CCCOc2ccc(Cl)cc2C)nnc1SCC(=O)Nc1ccccc1C(F)(F)F. The van der Waals surface area contributed by atoms with Gasteiger partial charge in [0, 0.05) is 18.0 Å². The number of para-hydroxylation sites is 1. The van der Waals surface area contributed by atoms with Gasteiger partial charge in [-0.25, -0.2) is 0 Å². The second-order valence-corrected chi connectivity index (χ2v) is 8.92. The first-order chi connectivity index (χ1) is 16.7. The summed E-state index contributed by atoms with van der Waals surface area (Å²) in [6.07, 6.45) is -1.62. The molecular weight excluding hydrogens is 501 g/mol. The van der Waals surface area contributed by atoms with E-state index in [-0.39, 0.29) is 11.4 Å². The Morgan fingerprint density at radius 2 is 2.03 bits per heavy atom. The predicted molar refractivity (Wildman–Crippen MR) is 131 cm³/mol. The molecule has 186 valence electrons. The summed E-state index contributed by atoms with van der Waals surface area (Å²) in [6.45, 7) is 6.56. The highest BCUT2D eigenvalue weighted by Gasteiger charge is 2.33. The summed E-state index contributed by atoms with van der Waals surface area (Å²) < 4.78 is 47.1. The molecular formula is C24H24ClF3N4O2S. The molecule has 3 rings (SSSR count). The van der Waals surface area contributed by atoms with Crippen LogP contribution in [-0.4, -0.2) is 33.0 Å². The van der Waals surface area contributed by atoms with Gasteiger partial charge >= 0.3 is 6.18 Å². The number of hydrogen-bond acceptors (Lipinski definition) is 5. The minimum atomic E-state index is -4.56. The van der Waals surface area contributed by atoms with E-state index in [1.165, 1.54) is 18.2 Å². The van der Waals surface area contributed by atoms with E-state index in [1.54, 1.807) is 12.1 Å². The van der Waals surface area contributed by atoms with Gasteiger partial charge < -0.3 is 14.6 Å². The summed E-state index contributed by atoms with van der Waals surface area (Å²) in [6, 6.07) is 10.3. The molecule has 0 saturated carbocycles. The van der Waals surface area contributed by atoms with Crippen molar-refractivity contribution >= 4 is 35.0 Å². The Labute approximate surface area is 210 Å². The fourth-order valence-corrected chi connectivity index (χ4v) is 4.26. The summed E-state index contributed by atoms with van der Waals surface area (Å²) >= 11 is 7.06. The van der Waals surface area contributed by atoms with E-state index in [0.29, 0.717) is 42.0 Å². The maximum absolute atomic E-state index is 13.1. The summed E-state index contributed by atoms with van der Waals surface area (Å²) in [5.41, 5.74) is -0.233. The second-order valence-electron chi connectivity index (χ2n) is 7.54. The van der Waals surface area contributed by atoms with Crippen molar-refractivity contribution in [3.8, 4) is 5.75 Å². The number of anilines is 1. The van der Waals surface area contributed by atoms with Gasteiger partial charge in [0.25, 0.3) is 0 Å². The van der Waals surface area contributed by atoms with Gasteiger partial charge in [-0.05, 0) is 49.2 Å². The topological polar surface area (TPSA) is 69.0 Å². The molecule has 2 aromatic carbocycles. The highest BCUT2D eigenvalue weighted by Crippen LogP contribution is 2.34. The summed E-state index contributed by atoms with van der Waals surface area (Å²) in [5.74, 6) is 0.761. The van der Waals surface area contributed by atoms with Gasteiger partial charge in [0.1, 0.15) is 11.6 Å². The Bertz CT molecular complexity index is 1180. The van der Waals surface area contributed by atoms with Crippen molar-refractivity contribution in [3.63, 3.8) is 0 Å². The number of aromatic nitrogens is 3. The molecule has 0 saturated heterocycles. The first-order valence-corrected chi connectivity index (χ1v) is 12.1. The van der Waals surface area contributed by atoms with Crippen molar-refractivity contribution in [3.05, 3.63) is 77.1 Å². The molecule has 1 amide bonds. The van der Waals surface area contributed by atoms with Crippen LogP contribution in [0, 0.1) is 6.92 Å². The third kappa shape index (κ3) is 7.50. The zero-order chi connectivity index (χ0) is 25.4. The summed E-state index contributed by atoms with van der Waals surface area (Å²) in [7, 11) is 0. The normalized spacial score (nSPS) is 11.3. The van der Waals surface area contributed by atoms with Crippen LogP contribution in [0.2, 0.25) is 5.02 Å². The number of benzene rings is 2. The fourth-order valence-electron chi connectivity index (χ4n) is 3.27. The Kier molecular flexibility index (Phi) is 9.22. The molecule has 0 unspecified atom stereocenters. The predicted octanol–water partition coefficient (Wildman–Crippen LogP) is 6.19.